The average molecular weight is 403 g/mol. The molecule has 8 nitrogen and oxygen atoms in total. The third-order valence-corrected chi connectivity index (χ3v) is 4.02. The van der Waals surface area contributed by atoms with Gasteiger partial charge < -0.3 is 26.2 Å². The minimum Gasteiger partial charge on any atom is -0.445 e. The number of ether oxygens (including phenoxy) is 1. The zero-order valence-corrected chi connectivity index (χ0v) is 15.5. The van der Waals surface area contributed by atoms with Crippen LogP contribution in [0.2, 0.25) is 0 Å². The van der Waals surface area contributed by atoms with Crippen molar-refractivity contribution in [2.45, 2.75) is 25.1 Å². The van der Waals surface area contributed by atoms with Crippen molar-refractivity contribution >= 4 is 17.9 Å². The molecule has 0 heterocycles. The highest BCUT2D eigenvalue weighted by molar-refractivity contribution is 5.90. The molecule has 3 amide bonds. The molecule has 0 spiro atoms. The first kappa shape index (κ1) is 21.8. The fourth-order valence-corrected chi connectivity index (χ4v) is 2.45. The quantitative estimate of drug-likeness (QED) is 0.488. The van der Waals surface area contributed by atoms with Gasteiger partial charge in [-0.3, -0.25) is 9.59 Å². The van der Waals surface area contributed by atoms with Gasteiger partial charge in [0.05, 0.1) is 6.61 Å². The van der Waals surface area contributed by atoms with Crippen LogP contribution in [0.25, 0.3) is 0 Å². The van der Waals surface area contributed by atoms with Crippen molar-refractivity contribution in [3.63, 3.8) is 0 Å². The first-order valence-electron chi connectivity index (χ1n) is 8.81. The smallest absolute Gasteiger partial charge is 0.408 e. The van der Waals surface area contributed by atoms with Crippen LogP contribution in [0.15, 0.2) is 54.6 Å². The van der Waals surface area contributed by atoms with E-state index >= 15 is 0 Å². The summed E-state index contributed by atoms with van der Waals surface area (Å²) in [6.07, 6.45) is -0.880. The highest BCUT2D eigenvalue weighted by atomic mass is 19.1. The zero-order chi connectivity index (χ0) is 21.2. The number of rotatable bonds is 9. The number of nitrogens with one attached hydrogen (secondary N) is 2. The maximum Gasteiger partial charge on any atom is 0.408 e. The molecular formula is C20H22FN3O5. The van der Waals surface area contributed by atoms with Gasteiger partial charge >= 0.3 is 6.09 Å². The predicted molar refractivity (Wildman–Crippen MR) is 102 cm³/mol. The number of primary amides is 1. The van der Waals surface area contributed by atoms with Crippen molar-refractivity contribution in [2.24, 2.45) is 5.73 Å². The number of halogens is 1. The second-order valence-corrected chi connectivity index (χ2v) is 6.24. The van der Waals surface area contributed by atoms with E-state index in [4.69, 9.17) is 10.5 Å². The molecule has 0 unspecified atom stereocenters. The van der Waals surface area contributed by atoms with Gasteiger partial charge in [-0.15, -0.1) is 0 Å². The van der Waals surface area contributed by atoms with Gasteiger partial charge in [-0.2, -0.15) is 0 Å². The Morgan fingerprint density at radius 2 is 1.62 bits per heavy atom. The summed E-state index contributed by atoms with van der Waals surface area (Å²) in [5.41, 5.74) is 6.64. The summed E-state index contributed by atoms with van der Waals surface area (Å²) in [6.45, 7) is -0.727. The van der Waals surface area contributed by atoms with Crippen molar-refractivity contribution in [2.75, 3.05) is 6.61 Å². The molecule has 29 heavy (non-hydrogen) atoms. The Kier molecular flexibility index (Phi) is 8.11. The van der Waals surface area contributed by atoms with Gasteiger partial charge in [0.15, 0.2) is 0 Å². The molecule has 5 N–H and O–H groups in total. The summed E-state index contributed by atoms with van der Waals surface area (Å²) in [5.74, 6) is -2.06. The Bertz CT molecular complexity index is 830. The SMILES string of the molecule is NC(=O)[C@H](Cc1ccc(F)cc1)NC(=O)[C@H](CO)NC(=O)OCc1ccccc1. The number of nitrogens with two attached hydrogens (primary N) is 1. The van der Waals surface area contributed by atoms with Crippen LogP contribution in [-0.4, -0.2) is 41.7 Å². The molecule has 0 radical (unpaired) electrons. The van der Waals surface area contributed by atoms with Crippen LogP contribution in [0.5, 0.6) is 0 Å². The van der Waals surface area contributed by atoms with Crippen LogP contribution in [0.1, 0.15) is 11.1 Å². The fourth-order valence-electron chi connectivity index (χ4n) is 2.45. The van der Waals surface area contributed by atoms with Crippen molar-refractivity contribution < 1.29 is 28.6 Å². The van der Waals surface area contributed by atoms with Gasteiger partial charge in [0.1, 0.15) is 24.5 Å². The first-order chi connectivity index (χ1) is 13.9. The molecule has 0 fully saturated rings. The van der Waals surface area contributed by atoms with Gasteiger partial charge in [0.2, 0.25) is 11.8 Å². The molecule has 2 aromatic rings. The van der Waals surface area contributed by atoms with Crippen LogP contribution in [-0.2, 0) is 27.4 Å². The van der Waals surface area contributed by atoms with Crippen molar-refractivity contribution in [1.82, 2.24) is 10.6 Å². The Balaban J connectivity index is 1.91. The molecule has 9 heteroatoms. The van der Waals surface area contributed by atoms with Gasteiger partial charge in [-0.05, 0) is 23.3 Å². The van der Waals surface area contributed by atoms with E-state index in [1.165, 1.54) is 24.3 Å². The van der Waals surface area contributed by atoms with E-state index in [0.29, 0.717) is 5.56 Å². The summed E-state index contributed by atoms with van der Waals surface area (Å²) in [4.78, 5) is 35.9. The van der Waals surface area contributed by atoms with Gasteiger partial charge in [0, 0.05) is 6.42 Å². The normalized spacial score (nSPS) is 12.5. The number of alkyl carbamates (subject to hydrolysis) is 1. The number of aliphatic hydroxyl groups excluding tert-OH is 1. The number of hydrogen-bond acceptors (Lipinski definition) is 5. The number of hydrogen-bond donors (Lipinski definition) is 4. The third-order valence-electron chi connectivity index (χ3n) is 4.02. The molecular weight excluding hydrogens is 381 g/mol. The van der Waals surface area contributed by atoms with Crippen molar-refractivity contribution in [3.05, 3.63) is 71.5 Å². The highest BCUT2D eigenvalue weighted by Crippen LogP contribution is 2.06. The van der Waals surface area contributed by atoms with Crippen LogP contribution in [0.3, 0.4) is 0 Å². The minimum absolute atomic E-state index is 0.0130. The molecule has 0 aliphatic carbocycles. The molecule has 2 atom stereocenters. The molecule has 0 aliphatic heterocycles. The largest absolute Gasteiger partial charge is 0.445 e. The third kappa shape index (κ3) is 7.23. The first-order valence-corrected chi connectivity index (χ1v) is 8.81. The van der Waals surface area contributed by atoms with Crippen molar-refractivity contribution in [1.29, 1.82) is 0 Å². The number of carbonyl (C=O) groups is 3. The maximum atomic E-state index is 13.0. The summed E-state index contributed by atoms with van der Waals surface area (Å²) in [7, 11) is 0. The average Bonchev–Trinajstić information content (AvgIpc) is 2.72. The van der Waals surface area contributed by atoms with E-state index in [1.807, 2.05) is 6.07 Å². The monoisotopic (exact) mass is 403 g/mol. The predicted octanol–water partition coefficient (Wildman–Crippen LogP) is 0.626. The number of carbonyl (C=O) groups excluding carboxylic acids is 3. The Labute approximate surface area is 166 Å². The van der Waals surface area contributed by atoms with E-state index in [-0.39, 0.29) is 13.0 Å². The number of aliphatic hydroxyl groups is 1. The Hall–Kier alpha value is -3.46. The van der Waals surface area contributed by atoms with E-state index in [0.717, 1.165) is 5.56 Å². The number of benzene rings is 2. The van der Waals surface area contributed by atoms with Crippen LogP contribution in [0.4, 0.5) is 9.18 Å². The van der Waals surface area contributed by atoms with Gasteiger partial charge in [-0.25, -0.2) is 9.18 Å². The summed E-state index contributed by atoms with van der Waals surface area (Å²) in [6, 6.07) is 11.8. The Morgan fingerprint density at radius 1 is 0.966 bits per heavy atom. The highest BCUT2D eigenvalue weighted by Gasteiger charge is 2.26. The lowest BCUT2D eigenvalue weighted by Crippen LogP contribution is -2.54. The molecule has 0 aromatic heterocycles. The molecule has 0 saturated heterocycles. The molecule has 2 aromatic carbocycles. The molecule has 0 bridgehead atoms. The van der Waals surface area contributed by atoms with E-state index in [1.54, 1.807) is 24.3 Å². The van der Waals surface area contributed by atoms with Crippen molar-refractivity contribution in [3.8, 4) is 0 Å². The fraction of sp³-hybridized carbons (Fsp3) is 0.250. The Morgan fingerprint density at radius 3 is 2.21 bits per heavy atom. The second-order valence-electron chi connectivity index (χ2n) is 6.24. The second kappa shape index (κ2) is 10.8. The van der Waals surface area contributed by atoms with Gasteiger partial charge in [-0.1, -0.05) is 42.5 Å². The van der Waals surface area contributed by atoms with Crippen LogP contribution >= 0.6 is 0 Å². The summed E-state index contributed by atoms with van der Waals surface area (Å²) >= 11 is 0. The standard InChI is InChI=1S/C20H22FN3O5/c21-15-8-6-13(7-9-15)10-16(18(22)26)23-19(27)17(11-25)24-20(28)29-12-14-4-2-1-3-5-14/h1-9,16-17,25H,10-12H2,(H2,22,26)(H,23,27)(H,24,28)/t16-,17-/m0/s1. The maximum absolute atomic E-state index is 13.0. The topological polar surface area (TPSA) is 131 Å². The lowest BCUT2D eigenvalue weighted by atomic mass is 10.0. The van der Waals surface area contributed by atoms with E-state index < -0.39 is 42.4 Å². The molecule has 154 valence electrons. The molecule has 2 rings (SSSR count). The van der Waals surface area contributed by atoms with Crippen LogP contribution in [0, 0.1) is 5.82 Å². The lowest BCUT2D eigenvalue weighted by molar-refractivity contribution is -0.129. The van der Waals surface area contributed by atoms with E-state index in [2.05, 4.69) is 10.6 Å². The van der Waals surface area contributed by atoms with E-state index in [9.17, 15) is 23.9 Å². The number of amides is 3. The van der Waals surface area contributed by atoms with Gasteiger partial charge in [0.25, 0.3) is 0 Å². The minimum atomic E-state index is -1.34. The zero-order valence-electron chi connectivity index (χ0n) is 15.5. The lowest BCUT2D eigenvalue weighted by Gasteiger charge is -2.20. The summed E-state index contributed by atoms with van der Waals surface area (Å²) in [5, 5.41) is 14.0. The van der Waals surface area contributed by atoms with Crippen LogP contribution < -0.4 is 16.4 Å². The molecule has 0 saturated carbocycles. The molecule has 0 aliphatic rings. The summed E-state index contributed by atoms with van der Waals surface area (Å²) < 4.78 is 18.0.